The average Bonchev–Trinajstić information content (AvgIpc) is 2.81. The summed E-state index contributed by atoms with van der Waals surface area (Å²) in [5.74, 6) is 0.220. The van der Waals surface area contributed by atoms with E-state index in [9.17, 15) is 24.6 Å². The minimum Gasteiger partial charge on any atom is -0.388 e. The number of fused-ring (bicyclic) bond motifs is 1. The van der Waals surface area contributed by atoms with E-state index in [1.54, 1.807) is 24.3 Å². The maximum atomic E-state index is 12.5. The van der Waals surface area contributed by atoms with Crippen molar-refractivity contribution in [1.82, 2.24) is 24.8 Å². The van der Waals surface area contributed by atoms with E-state index < -0.39 is 41.5 Å². The van der Waals surface area contributed by atoms with Crippen LogP contribution in [0.4, 0.5) is 0 Å². The van der Waals surface area contributed by atoms with E-state index in [2.05, 4.69) is 20.3 Å². The summed E-state index contributed by atoms with van der Waals surface area (Å²) < 4.78 is 6.97. The van der Waals surface area contributed by atoms with Crippen molar-refractivity contribution < 1.29 is 19.7 Å². The third-order valence-electron chi connectivity index (χ3n) is 5.67. The molecule has 11 nitrogen and oxygen atoms in total. The molecule has 0 unspecified atom stereocenters. The van der Waals surface area contributed by atoms with Crippen LogP contribution in [0.2, 0.25) is 0 Å². The van der Waals surface area contributed by atoms with E-state index in [0.29, 0.717) is 16.7 Å². The Morgan fingerprint density at radius 2 is 1.91 bits per heavy atom. The predicted molar refractivity (Wildman–Crippen MR) is 118 cm³/mol. The molecule has 0 bridgehead atoms. The van der Waals surface area contributed by atoms with Gasteiger partial charge in [-0.2, -0.15) is 0 Å². The predicted octanol–water partition coefficient (Wildman–Crippen LogP) is -0.478. The number of para-hydroxylation sites is 1. The van der Waals surface area contributed by atoms with Gasteiger partial charge in [0, 0.05) is 18.3 Å². The lowest BCUT2D eigenvalue weighted by Crippen LogP contribution is -2.60. The molecule has 1 saturated heterocycles. The van der Waals surface area contributed by atoms with Gasteiger partial charge in [0.05, 0.1) is 35.7 Å². The Morgan fingerprint density at radius 3 is 2.61 bits per heavy atom. The van der Waals surface area contributed by atoms with Crippen LogP contribution in [0.5, 0.6) is 0 Å². The number of ether oxygens (including phenoxy) is 1. The van der Waals surface area contributed by atoms with Crippen molar-refractivity contribution in [2.45, 2.75) is 50.7 Å². The van der Waals surface area contributed by atoms with Crippen molar-refractivity contribution in [3.05, 3.63) is 68.9 Å². The molecule has 4 atom stereocenters. The first kappa shape index (κ1) is 22.8. The second-order valence-corrected chi connectivity index (χ2v) is 8.30. The SMILES string of the molecule is CC(C)c1ncc(C(=O)N[C@@H]2CO[C@H](Cn3c(=O)[nH]c(=O)c4ccccc43)[C@@H](O)[C@H]2O)cn1. The highest BCUT2D eigenvalue weighted by atomic mass is 16.5. The van der Waals surface area contributed by atoms with Crippen molar-refractivity contribution in [3.63, 3.8) is 0 Å². The van der Waals surface area contributed by atoms with Crippen LogP contribution in [-0.4, -0.2) is 66.6 Å². The van der Waals surface area contributed by atoms with Crippen LogP contribution < -0.4 is 16.6 Å². The highest BCUT2D eigenvalue weighted by molar-refractivity contribution is 5.93. The molecule has 1 amide bonds. The van der Waals surface area contributed by atoms with Gasteiger partial charge in [-0.15, -0.1) is 0 Å². The number of hydrogen-bond acceptors (Lipinski definition) is 8. The van der Waals surface area contributed by atoms with Gasteiger partial charge >= 0.3 is 5.69 Å². The number of aliphatic hydroxyl groups excluding tert-OH is 2. The number of rotatable bonds is 5. The summed E-state index contributed by atoms with van der Waals surface area (Å²) in [5.41, 5.74) is -0.555. The number of hydrogen-bond donors (Lipinski definition) is 4. The number of aliphatic hydroxyl groups is 2. The van der Waals surface area contributed by atoms with Gasteiger partial charge in [0.1, 0.15) is 24.1 Å². The summed E-state index contributed by atoms with van der Waals surface area (Å²) >= 11 is 0. The Kier molecular flexibility index (Phi) is 6.36. The number of amides is 1. The van der Waals surface area contributed by atoms with E-state index in [4.69, 9.17) is 4.74 Å². The van der Waals surface area contributed by atoms with Crippen molar-refractivity contribution in [2.24, 2.45) is 0 Å². The van der Waals surface area contributed by atoms with Crippen LogP contribution in [0.15, 0.2) is 46.2 Å². The number of benzene rings is 1. The van der Waals surface area contributed by atoms with Gasteiger partial charge in [0.25, 0.3) is 11.5 Å². The summed E-state index contributed by atoms with van der Waals surface area (Å²) in [6.45, 7) is 3.69. The summed E-state index contributed by atoms with van der Waals surface area (Å²) in [6.07, 6.45) is -0.857. The fourth-order valence-electron chi connectivity index (χ4n) is 3.78. The molecule has 174 valence electrons. The first-order valence-electron chi connectivity index (χ1n) is 10.6. The summed E-state index contributed by atoms with van der Waals surface area (Å²) in [7, 11) is 0. The number of aromatic nitrogens is 4. The highest BCUT2D eigenvalue weighted by Crippen LogP contribution is 2.19. The van der Waals surface area contributed by atoms with Crippen LogP contribution >= 0.6 is 0 Å². The van der Waals surface area contributed by atoms with Crippen molar-refractivity contribution in [2.75, 3.05) is 6.61 Å². The Balaban J connectivity index is 1.47. The summed E-state index contributed by atoms with van der Waals surface area (Å²) in [4.78, 5) is 47.5. The normalized spacial score (nSPS) is 23.1. The third-order valence-corrected chi connectivity index (χ3v) is 5.67. The molecule has 11 heteroatoms. The Labute approximate surface area is 188 Å². The zero-order valence-electron chi connectivity index (χ0n) is 18.1. The Hall–Kier alpha value is -3.41. The second-order valence-electron chi connectivity index (χ2n) is 8.30. The Morgan fingerprint density at radius 1 is 1.21 bits per heavy atom. The zero-order chi connectivity index (χ0) is 23.7. The molecular weight excluding hydrogens is 430 g/mol. The first-order valence-corrected chi connectivity index (χ1v) is 10.6. The maximum absolute atomic E-state index is 12.5. The first-order chi connectivity index (χ1) is 15.8. The number of aromatic amines is 1. The van der Waals surface area contributed by atoms with Crippen molar-refractivity contribution >= 4 is 16.8 Å². The van der Waals surface area contributed by atoms with Gasteiger partial charge in [-0.3, -0.25) is 19.1 Å². The zero-order valence-corrected chi connectivity index (χ0v) is 18.1. The molecule has 4 rings (SSSR count). The molecule has 1 aromatic carbocycles. The molecule has 0 saturated carbocycles. The lowest BCUT2D eigenvalue weighted by molar-refractivity contribution is -0.152. The van der Waals surface area contributed by atoms with Gasteiger partial charge < -0.3 is 20.3 Å². The number of H-pyrrole nitrogens is 1. The molecule has 1 fully saturated rings. The molecule has 1 aliphatic heterocycles. The van der Waals surface area contributed by atoms with Gasteiger partial charge in [-0.05, 0) is 12.1 Å². The van der Waals surface area contributed by atoms with Gasteiger partial charge in [-0.25, -0.2) is 14.8 Å². The number of nitrogens with zero attached hydrogens (tertiary/aromatic N) is 3. The lowest BCUT2D eigenvalue weighted by Gasteiger charge is -2.38. The van der Waals surface area contributed by atoms with Crippen LogP contribution in [0.3, 0.4) is 0 Å². The average molecular weight is 455 g/mol. The fraction of sp³-hybridized carbons (Fsp3) is 0.409. The van der Waals surface area contributed by atoms with Crippen LogP contribution in [0.25, 0.3) is 10.9 Å². The van der Waals surface area contributed by atoms with Crippen LogP contribution in [0, 0.1) is 0 Å². The fourth-order valence-corrected chi connectivity index (χ4v) is 3.78. The van der Waals surface area contributed by atoms with Crippen LogP contribution in [-0.2, 0) is 11.3 Å². The standard InChI is InChI=1S/C22H25N5O6/c1-11(2)19-23-7-12(8-24-19)20(30)25-14-10-33-16(18(29)17(14)28)9-27-15-6-4-3-5-13(15)21(31)26-22(27)32/h3-8,11,14,16-18,28-29H,9-10H2,1-2H3,(H,25,30)(H,26,31,32)/t14-,16-,17+,18-/m1/s1. The maximum Gasteiger partial charge on any atom is 0.328 e. The van der Waals surface area contributed by atoms with Crippen molar-refractivity contribution in [1.29, 1.82) is 0 Å². The monoisotopic (exact) mass is 455 g/mol. The second kappa shape index (κ2) is 9.22. The molecule has 0 spiro atoms. The summed E-state index contributed by atoms with van der Waals surface area (Å²) in [6, 6.07) is 5.69. The molecule has 2 aromatic heterocycles. The van der Waals surface area contributed by atoms with E-state index >= 15 is 0 Å². The Bertz CT molecular complexity index is 1270. The molecule has 0 aliphatic carbocycles. The quantitative estimate of drug-likeness (QED) is 0.401. The van der Waals surface area contributed by atoms with E-state index in [1.807, 2.05) is 13.8 Å². The molecule has 3 heterocycles. The highest BCUT2D eigenvalue weighted by Gasteiger charge is 2.39. The van der Waals surface area contributed by atoms with Gasteiger partial charge in [-0.1, -0.05) is 26.0 Å². The summed E-state index contributed by atoms with van der Waals surface area (Å²) in [5, 5.41) is 24.2. The third kappa shape index (κ3) is 4.56. The largest absolute Gasteiger partial charge is 0.388 e. The number of nitrogens with one attached hydrogen (secondary N) is 2. The van der Waals surface area contributed by atoms with Crippen molar-refractivity contribution in [3.8, 4) is 0 Å². The number of carbonyl (C=O) groups is 1. The minimum absolute atomic E-state index is 0.0877. The van der Waals surface area contributed by atoms with Crippen LogP contribution in [0.1, 0.15) is 35.9 Å². The van der Waals surface area contributed by atoms with E-state index in [0.717, 1.165) is 0 Å². The van der Waals surface area contributed by atoms with Gasteiger partial charge in [0.15, 0.2) is 0 Å². The molecule has 33 heavy (non-hydrogen) atoms. The van der Waals surface area contributed by atoms with E-state index in [1.165, 1.54) is 17.0 Å². The topological polar surface area (TPSA) is 159 Å². The minimum atomic E-state index is -1.39. The van der Waals surface area contributed by atoms with E-state index in [-0.39, 0.29) is 24.6 Å². The number of carbonyl (C=O) groups excluding carboxylic acids is 1. The molecule has 4 N–H and O–H groups in total. The molecular formula is C22H25N5O6. The van der Waals surface area contributed by atoms with Gasteiger partial charge in [0.2, 0.25) is 0 Å². The molecule has 1 aliphatic rings. The lowest BCUT2D eigenvalue weighted by atomic mass is 9.97. The molecule has 3 aromatic rings. The smallest absolute Gasteiger partial charge is 0.328 e. The molecule has 0 radical (unpaired) electrons.